The molecule has 1 aliphatic rings. The Hall–Kier alpha value is -3.01. The molecule has 5 N–H and O–H groups in total. The van der Waals surface area contributed by atoms with Crippen molar-refractivity contribution >= 4 is 47.8 Å². The highest BCUT2D eigenvalue weighted by atomic mass is 35.5. The molecule has 0 aliphatic carbocycles. The van der Waals surface area contributed by atoms with Crippen LogP contribution in [0.2, 0.25) is 0 Å². The molecule has 1 amide bonds. The topological polar surface area (TPSA) is 97.3 Å². The first-order valence-corrected chi connectivity index (χ1v) is 10.1. The lowest BCUT2D eigenvalue weighted by Crippen LogP contribution is -2.43. The monoisotopic (exact) mass is 513 g/mol. The Morgan fingerprint density at radius 1 is 1.09 bits per heavy atom. The number of nitrogens with two attached hydrogens (primary N) is 2. The van der Waals surface area contributed by atoms with Crippen LogP contribution in [0.15, 0.2) is 48.8 Å². The average molecular weight is 514 g/mol. The molecule has 6 nitrogen and oxygen atoms in total. The second-order valence-corrected chi connectivity index (χ2v) is 7.68. The fourth-order valence-electron chi connectivity index (χ4n) is 3.94. The van der Waals surface area contributed by atoms with Gasteiger partial charge in [-0.05, 0) is 43.2 Å². The number of nitrogen functional groups attached to an aromatic ring is 1. The van der Waals surface area contributed by atoms with Crippen molar-refractivity contribution in [2.75, 3.05) is 29.0 Å². The van der Waals surface area contributed by atoms with E-state index in [0.717, 1.165) is 37.6 Å². The first-order chi connectivity index (χ1) is 15.4. The molecule has 0 spiro atoms. The lowest BCUT2D eigenvalue weighted by Gasteiger charge is -2.33. The molecule has 0 bridgehead atoms. The van der Waals surface area contributed by atoms with E-state index in [4.69, 9.17) is 11.5 Å². The molecule has 1 fully saturated rings. The first kappa shape index (κ1) is 27.2. The Balaban J connectivity index is 0.00000204. The van der Waals surface area contributed by atoms with Crippen LogP contribution in [0.5, 0.6) is 0 Å². The van der Waals surface area contributed by atoms with Gasteiger partial charge in [0.15, 0.2) is 0 Å². The van der Waals surface area contributed by atoms with Crippen LogP contribution in [0.1, 0.15) is 23.2 Å². The van der Waals surface area contributed by atoms with E-state index in [0.29, 0.717) is 17.9 Å². The van der Waals surface area contributed by atoms with Gasteiger partial charge in [-0.15, -0.1) is 24.8 Å². The van der Waals surface area contributed by atoms with Crippen LogP contribution in [-0.4, -0.2) is 30.0 Å². The molecule has 0 radical (unpaired) electrons. The van der Waals surface area contributed by atoms with Crippen LogP contribution in [-0.2, 0) is 0 Å². The quantitative estimate of drug-likeness (QED) is 0.436. The maximum atomic E-state index is 15.3. The number of pyridine rings is 1. The minimum Gasteiger partial charge on any atom is -0.398 e. The van der Waals surface area contributed by atoms with Gasteiger partial charge in [0.05, 0.1) is 28.7 Å². The standard InChI is InChI=1S/C23H22F3N5O.2ClH/c24-15-4-1-5-16(25)20(15)14-6-7-17(28)21(22(14)26)23(32)30-18-11-29-9-8-19(18)31-10-2-3-13(27)12-31;;/h1,4-9,11,13H,2-3,10,12,27-28H2,(H,30,32);2*1H/t13-;;/m0../s1. The summed E-state index contributed by atoms with van der Waals surface area (Å²) in [6.45, 7) is 1.35. The number of amides is 1. The van der Waals surface area contributed by atoms with Gasteiger partial charge in [-0.25, -0.2) is 13.2 Å². The van der Waals surface area contributed by atoms with Crippen LogP contribution in [0.3, 0.4) is 0 Å². The van der Waals surface area contributed by atoms with Crippen molar-refractivity contribution in [3.8, 4) is 11.1 Å². The van der Waals surface area contributed by atoms with Crippen LogP contribution >= 0.6 is 24.8 Å². The van der Waals surface area contributed by atoms with Gasteiger partial charge in [0, 0.05) is 36.6 Å². The summed E-state index contributed by atoms with van der Waals surface area (Å²) in [5, 5.41) is 2.64. The Morgan fingerprint density at radius 3 is 2.47 bits per heavy atom. The number of piperidine rings is 1. The van der Waals surface area contributed by atoms with E-state index in [2.05, 4.69) is 10.3 Å². The van der Waals surface area contributed by atoms with E-state index in [9.17, 15) is 13.6 Å². The summed E-state index contributed by atoms with van der Waals surface area (Å²) in [6.07, 6.45) is 4.84. The fraction of sp³-hybridized carbons (Fsp3) is 0.217. The molecule has 0 saturated carbocycles. The number of hydrogen-bond donors (Lipinski definition) is 3. The maximum Gasteiger partial charge on any atom is 0.260 e. The summed E-state index contributed by atoms with van der Waals surface area (Å²) < 4.78 is 43.8. The maximum absolute atomic E-state index is 15.3. The number of benzene rings is 2. The van der Waals surface area contributed by atoms with Crippen LogP contribution < -0.4 is 21.7 Å². The zero-order valence-electron chi connectivity index (χ0n) is 17.9. The smallest absolute Gasteiger partial charge is 0.260 e. The van der Waals surface area contributed by atoms with Crippen molar-refractivity contribution in [1.29, 1.82) is 0 Å². The Kier molecular flexibility index (Phi) is 9.14. The van der Waals surface area contributed by atoms with Crippen molar-refractivity contribution in [3.63, 3.8) is 0 Å². The number of carbonyl (C=O) groups is 1. The van der Waals surface area contributed by atoms with Gasteiger partial charge in [-0.1, -0.05) is 6.07 Å². The van der Waals surface area contributed by atoms with Gasteiger partial charge in [0.1, 0.15) is 17.5 Å². The molecule has 11 heteroatoms. The van der Waals surface area contributed by atoms with Crippen molar-refractivity contribution in [2.24, 2.45) is 5.73 Å². The highest BCUT2D eigenvalue weighted by molar-refractivity contribution is 6.10. The first-order valence-electron chi connectivity index (χ1n) is 10.1. The molecule has 2 heterocycles. The van der Waals surface area contributed by atoms with E-state index in [1.165, 1.54) is 18.3 Å². The van der Waals surface area contributed by atoms with E-state index >= 15 is 4.39 Å². The summed E-state index contributed by atoms with van der Waals surface area (Å²) in [5.74, 6) is -3.86. The average Bonchev–Trinajstić information content (AvgIpc) is 2.75. The van der Waals surface area contributed by atoms with E-state index < -0.39 is 40.0 Å². The number of anilines is 3. The summed E-state index contributed by atoms with van der Waals surface area (Å²) in [7, 11) is 0. The van der Waals surface area contributed by atoms with Crippen LogP contribution in [0.4, 0.5) is 30.2 Å². The van der Waals surface area contributed by atoms with Gasteiger partial charge < -0.3 is 21.7 Å². The molecule has 34 heavy (non-hydrogen) atoms. The van der Waals surface area contributed by atoms with Gasteiger partial charge in [-0.2, -0.15) is 0 Å². The van der Waals surface area contributed by atoms with Gasteiger partial charge in [0.2, 0.25) is 0 Å². The predicted molar refractivity (Wildman–Crippen MR) is 132 cm³/mol. The van der Waals surface area contributed by atoms with E-state index in [1.54, 1.807) is 12.3 Å². The third kappa shape index (κ3) is 5.38. The largest absolute Gasteiger partial charge is 0.398 e. The molecule has 182 valence electrons. The minimum atomic E-state index is -1.11. The Bertz CT molecular complexity index is 1160. The van der Waals surface area contributed by atoms with Gasteiger partial charge in [-0.3, -0.25) is 9.78 Å². The summed E-state index contributed by atoms with van der Waals surface area (Å²) in [5.41, 5.74) is 11.4. The second kappa shape index (κ2) is 11.4. The zero-order valence-corrected chi connectivity index (χ0v) is 19.6. The van der Waals surface area contributed by atoms with Gasteiger partial charge in [0.25, 0.3) is 5.91 Å². The van der Waals surface area contributed by atoms with Crippen LogP contribution in [0.25, 0.3) is 11.1 Å². The lowest BCUT2D eigenvalue weighted by molar-refractivity contribution is 0.102. The Labute approximate surface area is 207 Å². The van der Waals surface area contributed by atoms with Crippen molar-refractivity contribution in [1.82, 2.24) is 4.98 Å². The molecule has 1 saturated heterocycles. The second-order valence-electron chi connectivity index (χ2n) is 7.68. The number of hydrogen-bond acceptors (Lipinski definition) is 5. The van der Waals surface area contributed by atoms with Gasteiger partial charge >= 0.3 is 0 Å². The highest BCUT2D eigenvalue weighted by Crippen LogP contribution is 2.33. The Morgan fingerprint density at radius 2 is 1.79 bits per heavy atom. The third-order valence-electron chi connectivity index (χ3n) is 5.48. The molecule has 3 aromatic rings. The number of rotatable bonds is 4. The molecular formula is C23H24Cl2F3N5O. The highest BCUT2D eigenvalue weighted by Gasteiger charge is 2.25. The number of carbonyl (C=O) groups excluding carboxylic acids is 1. The van der Waals surface area contributed by atoms with Crippen molar-refractivity contribution in [3.05, 3.63) is 71.8 Å². The zero-order chi connectivity index (χ0) is 22.8. The predicted octanol–water partition coefficient (Wildman–Crippen LogP) is 4.77. The number of halogens is 5. The summed E-state index contributed by atoms with van der Waals surface area (Å²) in [6, 6.07) is 7.33. The molecule has 1 aliphatic heterocycles. The summed E-state index contributed by atoms with van der Waals surface area (Å²) in [4.78, 5) is 19.1. The third-order valence-corrected chi connectivity index (χ3v) is 5.48. The molecule has 1 aromatic heterocycles. The van der Waals surface area contributed by atoms with E-state index in [-0.39, 0.29) is 36.5 Å². The number of nitrogens with one attached hydrogen (secondary N) is 1. The van der Waals surface area contributed by atoms with E-state index in [1.807, 2.05) is 4.90 Å². The minimum absolute atomic E-state index is 0. The van der Waals surface area contributed by atoms with Crippen LogP contribution in [0, 0.1) is 17.5 Å². The molecule has 0 unspecified atom stereocenters. The molecule has 2 aromatic carbocycles. The fourth-order valence-corrected chi connectivity index (χ4v) is 3.94. The van der Waals surface area contributed by atoms with Crippen molar-refractivity contribution in [2.45, 2.75) is 18.9 Å². The number of aromatic nitrogens is 1. The number of nitrogens with zero attached hydrogens (tertiary/aromatic N) is 2. The lowest BCUT2D eigenvalue weighted by atomic mass is 9.99. The molecule has 4 rings (SSSR count). The summed E-state index contributed by atoms with van der Waals surface area (Å²) >= 11 is 0. The molecule has 1 atom stereocenters. The SMILES string of the molecule is Cl.Cl.Nc1ccc(-c2c(F)cccc2F)c(F)c1C(=O)Nc1cnccc1N1CCC[C@H](N)C1. The molecular weight excluding hydrogens is 490 g/mol. The normalized spacial score (nSPS) is 15.2. The van der Waals surface area contributed by atoms with Crippen molar-refractivity contribution < 1.29 is 18.0 Å².